The van der Waals surface area contributed by atoms with Gasteiger partial charge in [0.05, 0.1) is 11.0 Å². The smallest absolute Gasteiger partial charge is 0.317 e. The van der Waals surface area contributed by atoms with E-state index in [9.17, 15) is 4.79 Å². The summed E-state index contributed by atoms with van der Waals surface area (Å²) in [5, 5.41) is 3.05. The number of amides is 2. The van der Waals surface area contributed by atoms with E-state index >= 15 is 0 Å². The number of benzene rings is 2. The summed E-state index contributed by atoms with van der Waals surface area (Å²) >= 11 is 0. The Labute approximate surface area is 165 Å². The summed E-state index contributed by atoms with van der Waals surface area (Å²) in [7, 11) is 0. The normalized spacial score (nSPS) is 14.5. The van der Waals surface area contributed by atoms with Crippen LogP contribution < -0.4 is 10.2 Å². The maximum atomic E-state index is 12.5. The van der Waals surface area contributed by atoms with E-state index in [4.69, 9.17) is 4.98 Å². The number of hydrogen-bond acceptors (Lipinski definition) is 3. The van der Waals surface area contributed by atoms with Crippen molar-refractivity contribution in [2.24, 2.45) is 0 Å². The largest absolute Gasteiger partial charge is 0.339 e. The first-order valence-corrected chi connectivity index (χ1v) is 10.0. The Bertz CT molecular complexity index is 929. The Morgan fingerprint density at radius 2 is 1.71 bits per heavy atom. The molecule has 6 heteroatoms. The van der Waals surface area contributed by atoms with E-state index in [1.54, 1.807) is 0 Å². The minimum atomic E-state index is 0.0274. The SMILES string of the molecule is CCn1c(N2CCN(C(=O)NCCc3ccccc3)CC2)nc2ccccc21. The topological polar surface area (TPSA) is 53.4 Å². The second-order valence-corrected chi connectivity index (χ2v) is 7.09. The summed E-state index contributed by atoms with van der Waals surface area (Å²) in [6, 6.07) is 18.5. The predicted octanol–water partition coefficient (Wildman–Crippen LogP) is 3.13. The number of rotatable bonds is 5. The molecule has 3 aromatic rings. The number of aryl methyl sites for hydroxylation is 1. The Morgan fingerprint density at radius 1 is 1.00 bits per heavy atom. The zero-order chi connectivity index (χ0) is 19.3. The number of imidazole rings is 1. The van der Waals surface area contributed by atoms with Gasteiger partial charge >= 0.3 is 6.03 Å². The molecule has 0 spiro atoms. The van der Waals surface area contributed by atoms with Gasteiger partial charge in [0.15, 0.2) is 0 Å². The van der Waals surface area contributed by atoms with Crippen LogP contribution in [0, 0.1) is 0 Å². The lowest BCUT2D eigenvalue weighted by molar-refractivity contribution is 0.194. The molecule has 0 radical (unpaired) electrons. The van der Waals surface area contributed by atoms with Crippen LogP contribution in [0.4, 0.5) is 10.7 Å². The second-order valence-electron chi connectivity index (χ2n) is 7.09. The standard InChI is InChI=1S/C22H27N5O/c1-2-27-20-11-7-6-10-19(20)24-21(27)25-14-16-26(17-15-25)22(28)23-13-12-18-8-4-3-5-9-18/h3-11H,2,12-17H2,1H3,(H,23,28). The van der Waals surface area contributed by atoms with Crippen molar-refractivity contribution in [2.45, 2.75) is 19.9 Å². The number of para-hydroxylation sites is 2. The minimum Gasteiger partial charge on any atom is -0.339 e. The average molecular weight is 377 g/mol. The van der Waals surface area contributed by atoms with Crippen LogP contribution in [0.2, 0.25) is 0 Å². The lowest BCUT2D eigenvalue weighted by Crippen LogP contribution is -2.52. The van der Waals surface area contributed by atoms with Crippen molar-refractivity contribution in [3.63, 3.8) is 0 Å². The number of carbonyl (C=O) groups excluding carboxylic acids is 1. The fraction of sp³-hybridized carbons (Fsp3) is 0.364. The van der Waals surface area contributed by atoms with Crippen molar-refractivity contribution >= 4 is 23.0 Å². The Hall–Kier alpha value is -3.02. The van der Waals surface area contributed by atoms with Gasteiger partial charge < -0.3 is 19.7 Å². The summed E-state index contributed by atoms with van der Waals surface area (Å²) in [6.45, 7) is 6.72. The van der Waals surface area contributed by atoms with Gasteiger partial charge in [-0.1, -0.05) is 42.5 Å². The third kappa shape index (κ3) is 3.81. The van der Waals surface area contributed by atoms with Crippen molar-refractivity contribution in [1.82, 2.24) is 19.8 Å². The molecule has 1 fully saturated rings. The molecule has 28 heavy (non-hydrogen) atoms. The van der Waals surface area contributed by atoms with Gasteiger partial charge in [-0.2, -0.15) is 0 Å². The maximum Gasteiger partial charge on any atom is 0.317 e. The van der Waals surface area contributed by atoms with E-state index in [0.29, 0.717) is 19.6 Å². The predicted molar refractivity (Wildman–Crippen MR) is 113 cm³/mol. The lowest BCUT2D eigenvalue weighted by Gasteiger charge is -2.35. The van der Waals surface area contributed by atoms with Crippen LogP contribution in [0.5, 0.6) is 0 Å². The summed E-state index contributed by atoms with van der Waals surface area (Å²) in [5.74, 6) is 1.01. The van der Waals surface area contributed by atoms with Crippen LogP contribution in [0.3, 0.4) is 0 Å². The second kappa shape index (κ2) is 8.33. The van der Waals surface area contributed by atoms with E-state index in [1.807, 2.05) is 29.2 Å². The van der Waals surface area contributed by atoms with Crippen molar-refractivity contribution in [1.29, 1.82) is 0 Å². The number of urea groups is 1. The molecule has 1 aliphatic rings. The van der Waals surface area contributed by atoms with E-state index in [2.05, 4.69) is 52.0 Å². The number of hydrogen-bond donors (Lipinski definition) is 1. The van der Waals surface area contributed by atoms with Gasteiger partial charge in [0.2, 0.25) is 5.95 Å². The Kier molecular flexibility index (Phi) is 5.46. The van der Waals surface area contributed by atoms with Crippen molar-refractivity contribution in [3.05, 3.63) is 60.2 Å². The number of carbonyl (C=O) groups is 1. The van der Waals surface area contributed by atoms with Crippen LogP contribution in [-0.4, -0.2) is 53.2 Å². The number of fused-ring (bicyclic) bond motifs is 1. The van der Waals surface area contributed by atoms with Crippen LogP contribution in [0.25, 0.3) is 11.0 Å². The van der Waals surface area contributed by atoms with Gasteiger partial charge in [-0.05, 0) is 31.0 Å². The first-order valence-electron chi connectivity index (χ1n) is 10.0. The van der Waals surface area contributed by atoms with Gasteiger partial charge in [-0.15, -0.1) is 0 Å². The molecule has 2 aromatic carbocycles. The molecular weight excluding hydrogens is 350 g/mol. The highest BCUT2D eigenvalue weighted by Gasteiger charge is 2.24. The van der Waals surface area contributed by atoms with Crippen LogP contribution in [-0.2, 0) is 13.0 Å². The molecule has 6 nitrogen and oxygen atoms in total. The van der Waals surface area contributed by atoms with Gasteiger partial charge in [0.1, 0.15) is 0 Å². The van der Waals surface area contributed by atoms with Crippen LogP contribution in [0.15, 0.2) is 54.6 Å². The van der Waals surface area contributed by atoms with E-state index in [-0.39, 0.29) is 6.03 Å². The third-order valence-electron chi connectivity index (χ3n) is 5.33. The lowest BCUT2D eigenvalue weighted by atomic mass is 10.1. The molecular formula is C22H27N5O. The van der Waals surface area contributed by atoms with Crippen molar-refractivity contribution in [2.75, 3.05) is 37.6 Å². The molecule has 0 saturated carbocycles. The monoisotopic (exact) mass is 377 g/mol. The van der Waals surface area contributed by atoms with Gasteiger partial charge in [-0.25, -0.2) is 9.78 Å². The Balaban J connectivity index is 1.32. The highest BCUT2D eigenvalue weighted by atomic mass is 16.2. The average Bonchev–Trinajstić information content (AvgIpc) is 3.13. The van der Waals surface area contributed by atoms with Crippen LogP contribution in [0.1, 0.15) is 12.5 Å². The summed E-state index contributed by atoms with van der Waals surface area (Å²) in [5.41, 5.74) is 3.44. The van der Waals surface area contributed by atoms with Gasteiger partial charge in [-0.3, -0.25) is 0 Å². The number of nitrogens with zero attached hydrogens (tertiary/aromatic N) is 4. The fourth-order valence-corrected chi connectivity index (χ4v) is 3.80. The van der Waals surface area contributed by atoms with Crippen molar-refractivity contribution < 1.29 is 4.79 Å². The number of nitrogens with one attached hydrogen (secondary N) is 1. The minimum absolute atomic E-state index is 0.0274. The van der Waals surface area contributed by atoms with E-state index in [1.165, 1.54) is 11.1 Å². The molecule has 0 atom stereocenters. The molecule has 2 heterocycles. The zero-order valence-corrected chi connectivity index (χ0v) is 16.3. The summed E-state index contributed by atoms with van der Waals surface area (Å²) in [4.78, 5) is 21.5. The molecule has 1 aliphatic heterocycles. The zero-order valence-electron chi connectivity index (χ0n) is 16.3. The first-order chi connectivity index (χ1) is 13.8. The highest BCUT2D eigenvalue weighted by molar-refractivity contribution is 5.79. The Morgan fingerprint density at radius 3 is 2.46 bits per heavy atom. The molecule has 0 bridgehead atoms. The third-order valence-corrected chi connectivity index (χ3v) is 5.33. The molecule has 0 aliphatic carbocycles. The highest BCUT2D eigenvalue weighted by Crippen LogP contribution is 2.23. The quantitative estimate of drug-likeness (QED) is 0.743. The fourth-order valence-electron chi connectivity index (χ4n) is 3.80. The summed E-state index contributed by atoms with van der Waals surface area (Å²) < 4.78 is 2.25. The molecule has 4 rings (SSSR count). The molecule has 146 valence electrons. The molecule has 0 unspecified atom stereocenters. The molecule has 2 amide bonds. The number of piperazine rings is 1. The molecule has 1 saturated heterocycles. The van der Waals surface area contributed by atoms with Gasteiger partial charge in [0, 0.05) is 39.3 Å². The van der Waals surface area contributed by atoms with Crippen LogP contribution >= 0.6 is 0 Å². The number of anilines is 1. The number of aromatic nitrogens is 2. The van der Waals surface area contributed by atoms with Gasteiger partial charge in [0.25, 0.3) is 0 Å². The van der Waals surface area contributed by atoms with Crippen molar-refractivity contribution in [3.8, 4) is 0 Å². The molecule has 1 N–H and O–H groups in total. The molecule has 1 aromatic heterocycles. The van der Waals surface area contributed by atoms with E-state index in [0.717, 1.165) is 37.5 Å². The maximum absolute atomic E-state index is 12.5. The summed E-state index contributed by atoms with van der Waals surface area (Å²) in [6.07, 6.45) is 0.854. The van der Waals surface area contributed by atoms with E-state index < -0.39 is 0 Å². The first kappa shape index (κ1) is 18.3.